The molecule has 0 fully saturated rings. The molecule has 0 saturated heterocycles. The number of hydrogen-bond donors (Lipinski definition) is 2. The van der Waals surface area contributed by atoms with Crippen molar-refractivity contribution in [2.75, 3.05) is 20.3 Å². The highest BCUT2D eigenvalue weighted by molar-refractivity contribution is 5.83. The smallest absolute Gasteiger partial charge is 0.227 e. The van der Waals surface area contributed by atoms with Crippen LogP contribution in [0.25, 0.3) is 0 Å². The van der Waals surface area contributed by atoms with Gasteiger partial charge < -0.3 is 15.8 Å². The summed E-state index contributed by atoms with van der Waals surface area (Å²) < 4.78 is 4.97. The summed E-state index contributed by atoms with van der Waals surface area (Å²) in [6.45, 7) is 6.84. The Labute approximate surface area is 92.6 Å². The number of nitrogens with one attached hydrogen (secondary N) is 1. The molecule has 0 bridgehead atoms. The monoisotopic (exact) mass is 216 g/mol. The van der Waals surface area contributed by atoms with Gasteiger partial charge in [-0.2, -0.15) is 0 Å². The molecule has 1 atom stereocenters. The molecule has 0 radical (unpaired) electrons. The number of carbonyl (C=O) groups is 1. The van der Waals surface area contributed by atoms with E-state index in [4.69, 9.17) is 10.5 Å². The molecule has 3 N–H and O–H groups in total. The second-order valence-corrected chi connectivity index (χ2v) is 4.02. The van der Waals surface area contributed by atoms with Gasteiger partial charge in [0.25, 0.3) is 0 Å². The van der Waals surface area contributed by atoms with Crippen molar-refractivity contribution in [1.82, 2.24) is 5.32 Å². The Hall–Kier alpha value is -0.610. The first-order valence-electron chi connectivity index (χ1n) is 5.56. The summed E-state index contributed by atoms with van der Waals surface area (Å²) in [5.41, 5.74) is 5.27. The number of rotatable bonds is 7. The predicted molar refractivity (Wildman–Crippen MR) is 61.6 cm³/mol. The lowest BCUT2D eigenvalue weighted by Gasteiger charge is -2.30. The summed E-state index contributed by atoms with van der Waals surface area (Å²) in [7, 11) is 1.62. The lowest BCUT2D eigenvalue weighted by molar-refractivity contribution is -0.132. The van der Waals surface area contributed by atoms with Crippen LogP contribution < -0.4 is 11.1 Å². The van der Waals surface area contributed by atoms with Crippen molar-refractivity contribution < 1.29 is 9.53 Å². The van der Waals surface area contributed by atoms with Gasteiger partial charge in [-0.15, -0.1) is 0 Å². The summed E-state index contributed by atoms with van der Waals surface area (Å²) in [4.78, 5) is 12.0. The van der Waals surface area contributed by atoms with E-state index in [1.54, 1.807) is 7.11 Å². The molecule has 90 valence electrons. The van der Waals surface area contributed by atoms with Crippen LogP contribution in [-0.2, 0) is 9.53 Å². The van der Waals surface area contributed by atoms with Gasteiger partial charge >= 0.3 is 0 Å². The average Bonchev–Trinajstić information content (AvgIpc) is 2.21. The van der Waals surface area contributed by atoms with Crippen LogP contribution in [0.3, 0.4) is 0 Å². The molecule has 0 heterocycles. The maximum atomic E-state index is 12.0. The van der Waals surface area contributed by atoms with Crippen LogP contribution in [0.1, 0.15) is 33.6 Å². The molecule has 0 aliphatic carbocycles. The summed E-state index contributed by atoms with van der Waals surface area (Å²) in [6.07, 6.45) is 1.54. The lowest BCUT2D eigenvalue weighted by atomic mass is 9.81. The fourth-order valence-electron chi connectivity index (χ4n) is 1.62. The zero-order valence-electron chi connectivity index (χ0n) is 10.3. The zero-order chi connectivity index (χ0) is 11.9. The number of ether oxygens (including phenoxy) is 1. The van der Waals surface area contributed by atoms with E-state index in [1.165, 1.54) is 0 Å². The molecule has 0 spiro atoms. The third-order valence-electron chi connectivity index (χ3n) is 3.02. The molecule has 0 rings (SSSR count). The van der Waals surface area contributed by atoms with Gasteiger partial charge in [0.2, 0.25) is 5.91 Å². The molecule has 0 aromatic heterocycles. The third-order valence-corrected chi connectivity index (χ3v) is 3.02. The second kappa shape index (κ2) is 6.80. The van der Waals surface area contributed by atoms with Crippen LogP contribution in [0.2, 0.25) is 0 Å². The van der Waals surface area contributed by atoms with Gasteiger partial charge in [0.1, 0.15) is 0 Å². The van der Waals surface area contributed by atoms with Gasteiger partial charge in [0.05, 0.1) is 12.0 Å². The Morgan fingerprint density at radius 2 is 2.00 bits per heavy atom. The summed E-state index contributed by atoms with van der Waals surface area (Å²) in [6, 6.07) is 0.0338. The van der Waals surface area contributed by atoms with Crippen molar-refractivity contribution in [3.8, 4) is 0 Å². The van der Waals surface area contributed by atoms with E-state index in [9.17, 15) is 4.79 Å². The van der Waals surface area contributed by atoms with Gasteiger partial charge in [-0.05, 0) is 19.8 Å². The minimum absolute atomic E-state index is 0.0338. The summed E-state index contributed by atoms with van der Waals surface area (Å²) in [5.74, 6) is 0.0413. The van der Waals surface area contributed by atoms with Crippen molar-refractivity contribution >= 4 is 5.91 Å². The van der Waals surface area contributed by atoms with Crippen molar-refractivity contribution in [2.45, 2.75) is 39.7 Å². The topological polar surface area (TPSA) is 64.4 Å². The molecule has 4 heteroatoms. The van der Waals surface area contributed by atoms with Crippen molar-refractivity contribution in [3.05, 3.63) is 0 Å². The first kappa shape index (κ1) is 14.4. The summed E-state index contributed by atoms with van der Waals surface area (Å²) in [5, 5.41) is 2.93. The Bertz CT molecular complexity index is 183. The Balaban J connectivity index is 4.38. The first-order valence-corrected chi connectivity index (χ1v) is 5.56. The normalized spacial score (nSPS) is 13.7. The zero-order valence-corrected chi connectivity index (χ0v) is 10.3. The lowest BCUT2D eigenvalue weighted by Crippen LogP contribution is -2.49. The number of carbonyl (C=O) groups excluding carboxylic acids is 1. The molecule has 1 amide bonds. The first-order chi connectivity index (χ1) is 7.06. The molecular weight excluding hydrogens is 192 g/mol. The minimum Gasteiger partial charge on any atom is -0.383 e. The summed E-state index contributed by atoms with van der Waals surface area (Å²) >= 11 is 0. The van der Waals surface area contributed by atoms with Crippen LogP contribution in [-0.4, -0.2) is 32.2 Å². The van der Waals surface area contributed by atoms with E-state index < -0.39 is 5.41 Å². The number of nitrogens with two attached hydrogens (primary N) is 1. The van der Waals surface area contributed by atoms with Crippen molar-refractivity contribution in [1.29, 1.82) is 0 Å². The fourth-order valence-corrected chi connectivity index (χ4v) is 1.62. The van der Waals surface area contributed by atoms with Gasteiger partial charge in [-0.25, -0.2) is 0 Å². The van der Waals surface area contributed by atoms with Crippen LogP contribution in [0.4, 0.5) is 0 Å². The van der Waals surface area contributed by atoms with E-state index >= 15 is 0 Å². The van der Waals surface area contributed by atoms with E-state index in [-0.39, 0.29) is 11.9 Å². The largest absolute Gasteiger partial charge is 0.383 e. The molecule has 0 aromatic carbocycles. The highest BCUT2D eigenvalue weighted by Crippen LogP contribution is 2.25. The molecule has 4 nitrogen and oxygen atoms in total. The van der Waals surface area contributed by atoms with Crippen LogP contribution in [0.5, 0.6) is 0 Å². The van der Waals surface area contributed by atoms with Crippen molar-refractivity contribution in [3.63, 3.8) is 0 Å². The van der Waals surface area contributed by atoms with Crippen LogP contribution in [0, 0.1) is 5.41 Å². The molecule has 0 aliphatic heterocycles. The van der Waals surface area contributed by atoms with E-state index in [2.05, 4.69) is 5.32 Å². The third kappa shape index (κ3) is 3.80. The second-order valence-electron chi connectivity index (χ2n) is 4.02. The maximum Gasteiger partial charge on any atom is 0.227 e. The van der Waals surface area contributed by atoms with Crippen LogP contribution >= 0.6 is 0 Å². The van der Waals surface area contributed by atoms with E-state index in [0.29, 0.717) is 13.2 Å². The molecular formula is C11H24N2O2. The maximum absolute atomic E-state index is 12.0. The van der Waals surface area contributed by atoms with Gasteiger partial charge in [0, 0.05) is 19.7 Å². The van der Waals surface area contributed by atoms with E-state index in [1.807, 2.05) is 20.8 Å². The Morgan fingerprint density at radius 1 is 1.47 bits per heavy atom. The highest BCUT2D eigenvalue weighted by Gasteiger charge is 2.33. The highest BCUT2D eigenvalue weighted by atomic mass is 16.5. The standard InChI is InChI=1S/C11H24N2O2/c1-5-11(6-2,8-12)10(14)13-9(3)7-15-4/h9H,5-8,12H2,1-4H3,(H,13,14). The number of amides is 1. The minimum atomic E-state index is -0.415. The fraction of sp³-hybridized carbons (Fsp3) is 0.909. The van der Waals surface area contributed by atoms with Crippen molar-refractivity contribution in [2.24, 2.45) is 11.1 Å². The average molecular weight is 216 g/mol. The van der Waals surface area contributed by atoms with Crippen LogP contribution in [0.15, 0.2) is 0 Å². The quantitative estimate of drug-likeness (QED) is 0.664. The van der Waals surface area contributed by atoms with Gasteiger partial charge in [-0.3, -0.25) is 4.79 Å². The number of hydrogen-bond acceptors (Lipinski definition) is 3. The Kier molecular flexibility index (Phi) is 6.52. The molecule has 1 unspecified atom stereocenters. The van der Waals surface area contributed by atoms with E-state index in [0.717, 1.165) is 12.8 Å². The molecule has 0 aromatic rings. The molecule has 15 heavy (non-hydrogen) atoms. The molecule has 0 saturated carbocycles. The number of methoxy groups -OCH3 is 1. The predicted octanol–water partition coefficient (Wildman–Crippen LogP) is 0.903. The SMILES string of the molecule is CCC(CC)(CN)C(=O)NC(C)COC. The van der Waals surface area contributed by atoms with Gasteiger partial charge in [0.15, 0.2) is 0 Å². The Morgan fingerprint density at radius 3 is 2.33 bits per heavy atom. The van der Waals surface area contributed by atoms with Gasteiger partial charge in [-0.1, -0.05) is 13.8 Å². The molecule has 0 aliphatic rings.